The lowest BCUT2D eigenvalue weighted by atomic mass is 10.0. The van der Waals surface area contributed by atoms with Crippen molar-refractivity contribution in [1.82, 2.24) is 4.90 Å². The molecule has 104 valence electrons. The van der Waals surface area contributed by atoms with Crippen molar-refractivity contribution in [2.75, 3.05) is 5.32 Å². The van der Waals surface area contributed by atoms with Crippen LogP contribution in [0, 0.1) is 0 Å². The molecule has 19 heavy (non-hydrogen) atoms. The molecule has 1 aromatic rings. The second-order valence-electron chi connectivity index (χ2n) is 6.38. The number of para-hydroxylation sites is 1. The average molecular weight is 260 g/mol. The number of rotatable bonds is 2. The van der Waals surface area contributed by atoms with E-state index in [4.69, 9.17) is 0 Å². The van der Waals surface area contributed by atoms with Crippen molar-refractivity contribution in [2.24, 2.45) is 0 Å². The third-order valence-corrected chi connectivity index (χ3v) is 3.79. The van der Waals surface area contributed by atoms with Crippen LogP contribution in [-0.2, 0) is 4.79 Å². The van der Waals surface area contributed by atoms with Gasteiger partial charge in [0.2, 0.25) is 5.91 Å². The smallest absolute Gasteiger partial charge is 0.241 e. The minimum atomic E-state index is -0.0183. The summed E-state index contributed by atoms with van der Waals surface area (Å²) in [6.45, 7) is 8.74. The summed E-state index contributed by atoms with van der Waals surface area (Å²) in [6.07, 6.45) is 2.03. The Labute approximate surface area is 116 Å². The monoisotopic (exact) mass is 260 g/mol. The zero-order chi connectivity index (χ0) is 14.0. The number of carbonyl (C=O) groups excluding carboxylic acids is 1. The number of hydrogen-bond donors (Lipinski definition) is 1. The second-order valence-corrected chi connectivity index (χ2v) is 6.38. The Morgan fingerprint density at radius 2 is 1.84 bits per heavy atom. The molecule has 3 nitrogen and oxygen atoms in total. The summed E-state index contributed by atoms with van der Waals surface area (Å²) in [6, 6.07) is 10.1. The summed E-state index contributed by atoms with van der Waals surface area (Å²) < 4.78 is 0. The standard InChI is InChI=1S/C16H24N2O/c1-12-10-11-14(18(12)16(2,3)4)15(19)17-13-8-6-5-7-9-13/h5-9,12,14H,10-11H2,1-4H3,(H,17,19)/t12-,14?/m1/s1. The minimum absolute atomic E-state index is 0.0183. The van der Waals surface area contributed by atoms with E-state index in [0.717, 1.165) is 18.5 Å². The number of nitrogens with zero attached hydrogens (tertiary/aromatic N) is 1. The van der Waals surface area contributed by atoms with Crippen molar-refractivity contribution < 1.29 is 4.79 Å². The molecule has 1 aliphatic rings. The van der Waals surface area contributed by atoms with Crippen LogP contribution in [0.25, 0.3) is 0 Å². The summed E-state index contributed by atoms with van der Waals surface area (Å²) in [5, 5.41) is 3.03. The van der Waals surface area contributed by atoms with Crippen molar-refractivity contribution in [3.63, 3.8) is 0 Å². The lowest BCUT2D eigenvalue weighted by Gasteiger charge is -2.39. The normalized spacial score (nSPS) is 24.4. The van der Waals surface area contributed by atoms with Crippen molar-refractivity contribution >= 4 is 11.6 Å². The lowest BCUT2D eigenvalue weighted by Crippen LogP contribution is -2.52. The quantitative estimate of drug-likeness (QED) is 0.885. The fourth-order valence-electron chi connectivity index (χ4n) is 3.12. The van der Waals surface area contributed by atoms with Crippen molar-refractivity contribution in [3.05, 3.63) is 30.3 Å². The molecule has 0 radical (unpaired) electrons. The number of likely N-dealkylation sites (tertiary alicyclic amines) is 1. The van der Waals surface area contributed by atoms with Gasteiger partial charge in [0.25, 0.3) is 0 Å². The highest BCUT2D eigenvalue weighted by Gasteiger charge is 2.41. The van der Waals surface area contributed by atoms with Gasteiger partial charge in [0, 0.05) is 17.3 Å². The number of hydrogen-bond acceptors (Lipinski definition) is 2. The van der Waals surface area contributed by atoms with Gasteiger partial charge >= 0.3 is 0 Å². The molecule has 1 unspecified atom stereocenters. The van der Waals surface area contributed by atoms with Gasteiger partial charge in [-0.05, 0) is 52.7 Å². The van der Waals surface area contributed by atoms with Crippen LogP contribution in [0.4, 0.5) is 5.69 Å². The molecule has 1 saturated heterocycles. The molecule has 0 aliphatic carbocycles. The first-order valence-corrected chi connectivity index (χ1v) is 7.04. The van der Waals surface area contributed by atoms with E-state index in [9.17, 15) is 4.79 Å². The maximum atomic E-state index is 12.5. The molecule has 1 amide bonds. The topological polar surface area (TPSA) is 32.3 Å². The molecule has 1 fully saturated rings. The molecule has 1 aliphatic heterocycles. The maximum Gasteiger partial charge on any atom is 0.241 e. The summed E-state index contributed by atoms with van der Waals surface area (Å²) >= 11 is 0. The molecule has 1 heterocycles. The molecular formula is C16H24N2O. The largest absolute Gasteiger partial charge is 0.325 e. The van der Waals surface area contributed by atoms with Crippen LogP contribution in [0.5, 0.6) is 0 Å². The number of benzene rings is 1. The fourth-order valence-corrected chi connectivity index (χ4v) is 3.12. The van der Waals surface area contributed by atoms with Gasteiger partial charge in [0.15, 0.2) is 0 Å². The molecule has 2 rings (SSSR count). The van der Waals surface area contributed by atoms with E-state index in [1.54, 1.807) is 0 Å². The van der Waals surface area contributed by atoms with Crippen LogP contribution in [0.2, 0.25) is 0 Å². The van der Waals surface area contributed by atoms with E-state index in [1.165, 1.54) is 0 Å². The van der Waals surface area contributed by atoms with Gasteiger partial charge in [-0.1, -0.05) is 18.2 Å². The highest BCUT2D eigenvalue weighted by molar-refractivity contribution is 5.95. The Balaban J connectivity index is 2.10. The first-order valence-electron chi connectivity index (χ1n) is 7.04. The highest BCUT2D eigenvalue weighted by atomic mass is 16.2. The van der Waals surface area contributed by atoms with Crippen LogP contribution in [0.15, 0.2) is 30.3 Å². The van der Waals surface area contributed by atoms with Crippen molar-refractivity contribution in [3.8, 4) is 0 Å². The van der Waals surface area contributed by atoms with Gasteiger partial charge in [0.05, 0.1) is 6.04 Å². The average Bonchev–Trinajstić information content (AvgIpc) is 2.72. The zero-order valence-corrected chi connectivity index (χ0v) is 12.3. The minimum Gasteiger partial charge on any atom is -0.325 e. The van der Waals surface area contributed by atoms with Crippen LogP contribution in [-0.4, -0.2) is 28.4 Å². The fraction of sp³-hybridized carbons (Fsp3) is 0.562. The SMILES string of the molecule is C[C@@H]1CCC(C(=O)Nc2ccccc2)N1C(C)(C)C. The number of carbonyl (C=O) groups is 1. The van der Waals surface area contributed by atoms with E-state index in [1.807, 2.05) is 30.3 Å². The molecule has 1 N–H and O–H groups in total. The summed E-state index contributed by atoms with van der Waals surface area (Å²) in [4.78, 5) is 14.8. The predicted octanol–water partition coefficient (Wildman–Crippen LogP) is 3.28. The van der Waals surface area contributed by atoms with Crippen LogP contribution < -0.4 is 5.32 Å². The Bertz CT molecular complexity index is 436. The maximum absolute atomic E-state index is 12.5. The van der Waals surface area contributed by atoms with Crippen molar-refractivity contribution in [1.29, 1.82) is 0 Å². The summed E-state index contributed by atoms with van der Waals surface area (Å²) in [7, 11) is 0. The Morgan fingerprint density at radius 3 is 2.42 bits per heavy atom. The van der Waals surface area contributed by atoms with Gasteiger partial charge in [-0.25, -0.2) is 0 Å². The molecule has 2 atom stereocenters. The molecule has 0 saturated carbocycles. The number of nitrogens with one attached hydrogen (secondary N) is 1. The van der Waals surface area contributed by atoms with Gasteiger partial charge < -0.3 is 5.32 Å². The summed E-state index contributed by atoms with van der Waals surface area (Å²) in [5.74, 6) is 0.116. The van der Waals surface area contributed by atoms with Gasteiger partial charge in [-0.3, -0.25) is 9.69 Å². The predicted molar refractivity (Wildman–Crippen MR) is 79.1 cm³/mol. The van der Waals surface area contributed by atoms with E-state index in [0.29, 0.717) is 6.04 Å². The molecule has 0 aromatic heterocycles. The first-order chi connectivity index (χ1) is 8.89. The molecule has 1 aromatic carbocycles. The summed E-state index contributed by atoms with van der Waals surface area (Å²) in [5.41, 5.74) is 0.898. The molecule has 0 spiro atoms. The van der Waals surface area contributed by atoms with Gasteiger partial charge in [-0.2, -0.15) is 0 Å². The molecule has 0 bridgehead atoms. The van der Waals surface area contributed by atoms with Crippen LogP contribution in [0.1, 0.15) is 40.5 Å². The zero-order valence-electron chi connectivity index (χ0n) is 12.3. The molecular weight excluding hydrogens is 236 g/mol. The van der Waals surface area contributed by atoms with Crippen LogP contribution in [0.3, 0.4) is 0 Å². The number of anilines is 1. The third-order valence-electron chi connectivity index (χ3n) is 3.79. The van der Waals surface area contributed by atoms with E-state index >= 15 is 0 Å². The van der Waals surface area contributed by atoms with E-state index in [-0.39, 0.29) is 17.5 Å². The lowest BCUT2D eigenvalue weighted by molar-refractivity contribution is -0.122. The molecule has 3 heteroatoms. The van der Waals surface area contributed by atoms with Gasteiger partial charge in [-0.15, -0.1) is 0 Å². The Hall–Kier alpha value is -1.35. The second kappa shape index (κ2) is 5.33. The highest BCUT2D eigenvalue weighted by Crippen LogP contribution is 2.32. The first kappa shape index (κ1) is 14.1. The Morgan fingerprint density at radius 1 is 1.21 bits per heavy atom. The van der Waals surface area contributed by atoms with Crippen LogP contribution >= 0.6 is 0 Å². The Kier molecular flexibility index (Phi) is 3.95. The third kappa shape index (κ3) is 3.16. The number of amides is 1. The van der Waals surface area contributed by atoms with E-state index < -0.39 is 0 Å². The van der Waals surface area contributed by atoms with Crippen molar-refractivity contribution in [2.45, 2.75) is 58.2 Å². The van der Waals surface area contributed by atoms with E-state index in [2.05, 4.69) is 37.9 Å². The van der Waals surface area contributed by atoms with Gasteiger partial charge in [0.1, 0.15) is 0 Å².